The van der Waals surface area contributed by atoms with Crippen LogP contribution < -0.4 is 11.1 Å². The standard InChI is InChI=1S/C15H21N3O2/c1-20-15(19)18-11-6-7-12(18)9-10(8-11)17-14-5-3-2-4-13(14)16/h2-5,10-12,17H,6-9,16H2,1H3. The van der Waals surface area contributed by atoms with Crippen LogP contribution in [0.15, 0.2) is 24.3 Å². The number of nitrogens with zero attached hydrogens (tertiary/aromatic N) is 1. The number of benzene rings is 1. The SMILES string of the molecule is COC(=O)N1C2CCC1CC(Nc1ccccc1N)C2. The molecule has 2 heterocycles. The van der Waals surface area contributed by atoms with E-state index in [4.69, 9.17) is 10.5 Å². The molecular weight excluding hydrogens is 254 g/mol. The third kappa shape index (κ3) is 2.28. The van der Waals surface area contributed by atoms with Crippen molar-refractivity contribution in [1.82, 2.24) is 4.90 Å². The summed E-state index contributed by atoms with van der Waals surface area (Å²) in [6, 6.07) is 8.79. The molecule has 2 saturated heterocycles. The smallest absolute Gasteiger partial charge is 0.409 e. The van der Waals surface area contributed by atoms with Crippen molar-refractivity contribution in [3.63, 3.8) is 0 Å². The topological polar surface area (TPSA) is 67.6 Å². The average Bonchev–Trinajstić information content (AvgIpc) is 2.72. The molecule has 5 nitrogen and oxygen atoms in total. The average molecular weight is 275 g/mol. The van der Waals surface area contributed by atoms with Crippen LogP contribution in [0.3, 0.4) is 0 Å². The van der Waals surface area contributed by atoms with Gasteiger partial charge in [-0.25, -0.2) is 4.79 Å². The summed E-state index contributed by atoms with van der Waals surface area (Å²) in [6.07, 6.45) is 3.87. The predicted octanol–water partition coefficient (Wildman–Crippen LogP) is 2.44. The first-order chi connectivity index (χ1) is 9.69. The van der Waals surface area contributed by atoms with Gasteiger partial charge >= 0.3 is 6.09 Å². The molecule has 0 aromatic heterocycles. The van der Waals surface area contributed by atoms with Crippen LogP contribution in [0, 0.1) is 0 Å². The van der Waals surface area contributed by atoms with Gasteiger partial charge in [0.05, 0.1) is 18.5 Å². The second kappa shape index (κ2) is 5.23. The predicted molar refractivity (Wildman–Crippen MR) is 78.6 cm³/mol. The zero-order valence-corrected chi connectivity index (χ0v) is 11.7. The number of amides is 1. The van der Waals surface area contributed by atoms with Crippen LogP contribution in [0.25, 0.3) is 0 Å². The summed E-state index contributed by atoms with van der Waals surface area (Å²) in [5.41, 5.74) is 7.74. The Morgan fingerprint density at radius 3 is 2.55 bits per heavy atom. The molecule has 0 radical (unpaired) electrons. The number of piperidine rings is 1. The lowest BCUT2D eigenvalue weighted by atomic mass is 9.97. The number of hydrogen-bond donors (Lipinski definition) is 2. The van der Waals surface area contributed by atoms with E-state index in [1.807, 2.05) is 29.2 Å². The molecule has 2 unspecified atom stereocenters. The van der Waals surface area contributed by atoms with Crippen molar-refractivity contribution in [2.75, 3.05) is 18.2 Å². The van der Waals surface area contributed by atoms with Crippen molar-refractivity contribution in [2.24, 2.45) is 0 Å². The van der Waals surface area contributed by atoms with Gasteiger partial charge in [-0.15, -0.1) is 0 Å². The summed E-state index contributed by atoms with van der Waals surface area (Å²) >= 11 is 0. The van der Waals surface area contributed by atoms with Crippen LogP contribution in [0.2, 0.25) is 0 Å². The van der Waals surface area contributed by atoms with Crippen LogP contribution in [-0.4, -0.2) is 36.2 Å². The lowest BCUT2D eigenvalue weighted by Gasteiger charge is -2.38. The van der Waals surface area contributed by atoms with E-state index in [1.54, 1.807) is 0 Å². The maximum absolute atomic E-state index is 11.8. The Balaban J connectivity index is 1.69. The van der Waals surface area contributed by atoms with Crippen LogP contribution in [0.1, 0.15) is 25.7 Å². The van der Waals surface area contributed by atoms with E-state index in [-0.39, 0.29) is 6.09 Å². The van der Waals surface area contributed by atoms with E-state index >= 15 is 0 Å². The minimum atomic E-state index is -0.185. The number of ether oxygens (including phenoxy) is 1. The van der Waals surface area contributed by atoms with E-state index in [9.17, 15) is 4.79 Å². The first-order valence-corrected chi connectivity index (χ1v) is 7.16. The van der Waals surface area contributed by atoms with Crippen LogP contribution >= 0.6 is 0 Å². The Kier molecular flexibility index (Phi) is 3.42. The molecule has 0 spiro atoms. The normalized spacial score (nSPS) is 28.2. The lowest BCUT2D eigenvalue weighted by molar-refractivity contribution is 0.0833. The Labute approximate surface area is 119 Å². The summed E-state index contributed by atoms with van der Waals surface area (Å²) in [5, 5.41) is 3.52. The monoisotopic (exact) mass is 275 g/mol. The second-order valence-corrected chi connectivity index (χ2v) is 5.66. The largest absolute Gasteiger partial charge is 0.453 e. The van der Waals surface area contributed by atoms with Crippen molar-refractivity contribution in [2.45, 2.75) is 43.8 Å². The third-order valence-electron chi connectivity index (χ3n) is 4.44. The fraction of sp³-hybridized carbons (Fsp3) is 0.533. The number of methoxy groups -OCH3 is 1. The fourth-order valence-corrected chi connectivity index (χ4v) is 3.55. The van der Waals surface area contributed by atoms with Crippen molar-refractivity contribution in [3.8, 4) is 0 Å². The molecule has 2 bridgehead atoms. The van der Waals surface area contributed by atoms with Gasteiger partial charge in [-0.3, -0.25) is 0 Å². The molecule has 0 aliphatic carbocycles. The number of para-hydroxylation sites is 2. The Morgan fingerprint density at radius 2 is 1.95 bits per heavy atom. The minimum absolute atomic E-state index is 0.185. The fourth-order valence-electron chi connectivity index (χ4n) is 3.55. The van der Waals surface area contributed by atoms with Gasteiger partial charge in [-0.1, -0.05) is 12.1 Å². The molecule has 20 heavy (non-hydrogen) atoms. The Bertz CT molecular complexity index is 492. The van der Waals surface area contributed by atoms with Crippen LogP contribution in [0.4, 0.5) is 16.2 Å². The molecule has 3 N–H and O–H groups in total. The minimum Gasteiger partial charge on any atom is -0.453 e. The van der Waals surface area contributed by atoms with Gasteiger partial charge in [0.2, 0.25) is 0 Å². The summed E-state index contributed by atoms with van der Waals surface area (Å²) < 4.78 is 4.89. The Hall–Kier alpha value is -1.91. The number of nitrogens with two attached hydrogens (primary N) is 1. The number of carbonyl (C=O) groups excluding carboxylic acids is 1. The van der Waals surface area contributed by atoms with E-state index in [2.05, 4.69) is 5.32 Å². The number of hydrogen-bond acceptors (Lipinski definition) is 4. The van der Waals surface area contributed by atoms with E-state index in [0.717, 1.165) is 37.1 Å². The molecule has 3 rings (SSSR count). The number of nitrogen functional groups attached to an aromatic ring is 1. The van der Waals surface area contributed by atoms with E-state index < -0.39 is 0 Å². The van der Waals surface area contributed by atoms with Crippen molar-refractivity contribution >= 4 is 17.5 Å². The molecule has 2 aliphatic heterocycles. The summed E-state index contributed by atoms with van der Waals surface area (Å²) in [7, 11) is 1.46. The summed E-state index contributed by atoms with van der Waals surface area (Å²) in [6.45, 7) is 0. The highest BCUT2D eigenvalue weighted by atomic mass is 16.5. The molecule has 0 saturated carbocycles. The van der Waals surface area contributed by atoms with Gasteiger partial charge in [0.15, 0.2) is 0 Å². The van der Waals surface area contributed by atoms with E-state index in [0.29, 0.717) is 18.1 Å². The molecular formula is C15H21N3O2. The van der Waals surface area contributed by atoms with Gasteiger partial charge in [0.25, 0.3) is 0 Å². The zero-order chi connectivity index (χ0) is 14.1. The summed E-state index contributed by atoms with van der Waals surface area (Å²) in [5.74, 6) is 0. The zero-order valence-electron chi connectivity index (χ0n) is 11.7. The van der Waals surface area contributed by atoms with Gasteiger partial charge < -0.3 is 20.7 Å². The molecule has 1 aromatic rings. The van der Waals surface area contributed by atoms with Gasteiger partial charge in [0.1, 0.15) is 0 Å². The third-order valence-corrected chi connectivity index (χ3v) is 4.44. The Morgan fingerprint density at radius 1 is 1.30 bits per heavy atom. The number of rotatable bonds is 2. The van der Waals surface area contributed by atoms with Gasteiger partial charge in [0, 0.05) is 18.1 Å². The molecule has 2 aliphatic rings. The highest BCUT2D eigenvalue weighted by Crippen LogP contribution is 2.37. The van der Waals surface area contributed by atoms with Crippen molar-refractivity contribution in [1.29, 1.82) is 0 Å². The van der Waals surface area contributed by atoms with Crippen molar-refractivity contribution < 1.29 is 9.53 Å². The molecule has 2 fully saturated rings. The van der Waals surface area contributed by atoms with Gasteiger partial charge in [-0.2, -0.15) is 0 Å². The number of anilines is 2. The quantitative estimate of drug-likeness (QED) is 0.813. The first kappa shape index (κ1) is 13.1. The highest BCUT2D eigenvalue weighted by Gasteiger charge is 2.43. The highest BCUT2D eigenvalue weighted by molar-refractivity contribution is 5.69. The maximum Gasteiger partial charge on any atom is 0.409 e. The van der Waals surface area contributed by atoms with E-state index in [1.165, 1.54) is 7.11 Å². The molecule has 108 valence electrons. The summed E-state index contributed by atoms with van der Waals surface area (Å²) in [4.78, 5) is 13.7. The molecule has 2 atom stereocenters. The van der Waals surface area contributed by atoms with Gasteiger partial charge in [-0.05, 0) is 37.8 Å². The van der Waals surface area contributed by atoms with Crippen LogP contribution in [-0.2, 0) is 4.74 Å². The van der Waals surface area contributed by atoms with Crippen LogP contribution in [0.5, 0.6) is 0 Å². The number of fused-ring (bicyclic) bond motifs is 2. The lowest BCUT2D eigenvalue weighted by Crippen LogP contribution is -2.49. The molecule has 5 heteroatoms. The maximum atomic E-state index is 11.8. The number of carbonyl (C=O) groups is 1. The second-order valence-electron chi connectivity index (χ2n) is 5.66. The first-order valence-electron chi connectivity index (χ1n) is 7.16. The molecule has 1 amide bonds. The number of nitrogens with one attached hydrogen (secondary N) is 1. The molecule has 1 aromatic carbocycles. The van der Waals surface area contributed by atoms with Crippen molar-refractivity contribution in [3.05, 3.63) is 24.3 Å².